The Balaban J connectivity index is 1.49. The molecule has 0 unspecified atom stereocenters. The summed E-state index contributed by atoms with van der Waals surface area (Å²) >= 11 is 0. The Bertz CT molecular complexity index is 687. The zero-order valence-corrected chi connectivity index (χ0v) is 17.9. The predicted molar refractivity (Wildman–Crippen MR) is 111 cm³/mol. The van der Waals surface area contributed by atoms with Crippen LogP contribution >= 0.6 is 0 Å². The number of ether oxygens (including phenoxy) is 2. The molecule has 1 saturated carbocycles. The van der Waals surface area contributed by atoms with E-state index in [4.69, 9.17) is 9.47 Å². The van der Waals surface area contributed by atoms with E-state index >= 15 is 0 Å². The molecule has 0 aromatic heterocycles. The predicted octanol–water partition coefficient (Wildman–Crippen LogP) is 4.73. The van der Waals surface area contributed by atoms with E-state index in [-0.39, 0.29) is 17.6 Å². The monoisotopic (exact) mass is 402 g/mol. The van der Waals surface area contributed by atoms with Crippen molar-refractivity contribution in [2.45, 2.75) is 65.1 Å². The summed E-state index contributed by atoms with van der Waals surface area (Å²) in [7, 11) is 0. The number of carbonyl (C=O) groups excluding carboxylic acids is 2. The van der Waals surface area contributed by atoms with Crippen LogP contribution in [0.25, 0.3) is 0 Å². The van der Waals surface area contributed by atoms with Crippen LogP contribution in [0.4, 0.5) is 9.59 Å². The van der Waals surface area contributed by atoms with Gasteiger partial charge in [0.2, 0.25) is 0 Å². The number of benzene rings is 1. The first-order chi connectivity index (χ1) is 13.7. The number of alkyl carbamates (subject to hydrolysis) is 1. The number of hydrogen-bond acceptors (Lipinski definition) is 4. The van der Waals surface area contributed by atoms with E-state index in [1.807, 2.05) is 51.1 Å². The molecule has 0 bridgehead atoms. The SMILES string of the molecule is CC(C)(C)OC(=O)NCC1(CC2CC2)CCN(C(=O)OCc2ccccc2)CC1. The lowest BCUT2D eigenvalue weighted by atomic mass is 9.74. The molecule has 1 aromatic carbocycles. The topological polar surface area (TPSA) is 67.9 Å². The average Bonchev–Trinajstić information content (AvgIpc) is 3.48. The summed E-state index contributed by atoms with van der Waals surface area (Å²) in [5.74, 6) is 0.756. The normalized spacial score (nSPS) is 18.8. The van der Waals surface area contributed by atoms with Crippen molar-refractivity contribution in [3.8, 4) is 0 Å². The number of carbonyl (C=O) groups is 2. The van der Waals surface area contributed by atoms with Crippen LogP contribution in [0.1, 0.15) is 58.4 Å². The summed E-state index contributed by atoms with van der Waals surface area (Å²) in [6, 6.07) is 9.72. The van der Waals surface area contributed by atoms with Crippen molar-refractivity contribution in [1.82, 2.24) is 10.2 Å². The highest BCUT2D eigenvalue weighted by Crippen LogP contribution is 2.45. The highest BCUT2D eigenvalue weighted by atomic mass is 16.6. The molecule has 1 saturated heterocycles. The molecule has 2 amide bonds. The van der Waals surface area contributed by atoms with Crippen LogP contribution in [-0.4, -0.2) is 42.3 Å². The molecule has 6 nitrogen and oxygen atoms in total. The van der Waals surface area contributed by atoms with Gasteiger partial charge in [0.15, 0.2) is 0 Å². The number of rotatable bonds is 6. The fourth-order valence-electron chi connectivity index (χ4n) is 3.94. The molecule has 160 valence electrons. The molecular weight excluding hydrogens is 368 g/mol. The Morgan fingerprint density at radius 3 is 2.38 bits per heavy atom. The highest BCUT2D eigenvalue weighted by molar-refractivity contribution is 5.68. The van der Waals surface area contributed by atoms with Crippen molar-refractivity contribution >= 4 is 12.2 Å². The summed E-state index contributed by atoms with van der Waals surface area (Å²) in [6.07, 6.45) is 4.79. The summed E-state index contributed by atoms with van der Waals surface area (Å²) in [4.78, 5) is 26.4. The van der Waals surface area contributed by atoms with Gasteiger partial charge in [0, 0.05) is 19.6 Å². The summed E-state index contributed by atoms with van der Waals surface area (Å²) in [5, 5.41) is 2.98. The molecule has 1 aromatic rings. The summed E-state index contributed by atoms with van der Waals surface area (Å²) in [5.41, 5.74) is 0.524. The first kappa shape index (κ1) is 21.5. The zero-order chi connectivity index (χ0) is 20.9. The van der Waals surface area contributed by atoms with Gasteiger partial charge < -0.3 is 19.7 Å². The van der Waals surface area contributed by atoms with Gasteiger partial charge in [-0.25, -0.2) is 9.59 Å². The standard InChI is InChI=1S/C23H34N2O4/c1-22(2,3)29-20(26)24-17-23(15-18-9-10-18)11-13-25(14-12-23)21(27)28-16-19-7-5-4-6-8-19/h4-8,18H,9-17H2,1-3H3,(H,24,26). The molecule has 3 rings (SSSR count). The van der Waals surface area contributed by atoms with Gasteiger partial charge in [-0.15, -0.1) is 0 Å². The van der Waals surface area contributed by atoms with Crippen molar-refractivity contribution < 1.29 is 19.1 Å². The van der Waals surface area contributed by atoms with E-state index in [1.54, 1.807) is 4.90 Å². The molecule has 0 radical (unpaired) electrons. The van der Waals surface area contributed by atoms with Crippen LogP contribution in [0.3, 0.4) is 0 Å². The van der Waals surface area contributed by atoms with Gasteiger partial charge in [0.1, 0.15) is 12.2 Å². The minimum Gasteiger partial charge on any atom is -0.445 e. The fourth-order valence-corrected chi connectivity index (χ4v) is 3.94. The maximum atomic E-state index is 12.5. The number of piperidine rings is 1. The average molecular weight is 403 g/mol. The Kier molecular flexibility index (Phi) is 6.70. The Hall–Kier alpha value is -2.24. The molecule has 1 heterocycles. The highest BCUT2D eigenvalue weighted by Gasteiger charge is 2.41. The summed E-state index contributed by atoms with van der Waals surface area (Å²) in [6.45, 7) is 7.83. The van der Waals surface area contributed by atoms with Crippen LogP contribution in [-0.2, 0) is 16.1 Å². The van der Waals surface area contributed by atoms with Crippen LogP contribution in [0.15, 0.2) is 30.3 Å². The number of amides is 2. The van der Waals surface area contributed by atoms with Crippen molar-refractivity contribution in [2.24, 2.45) is 11.3 Å². The minimum absolute atomic E-state index is 0.0360. The molecule has 1 aliphatic heterocycles. The van der Waals surface area contributed by atoms with E-state index < -0.39 is 5.60 Å². The summed E-state index contributed by atoms with van der Waals surface area (Å²) < 4.78 is 10.9. The number of likely N-dealkylation sites (tertiary alicyclic amines) is 1. The van der Waals surface area contributed by atoms with Crippen LogP contribution < -0.4 is 5.32 Å². The third-order valence-corrected chi connectivity index (χ3v) is 5.71. The van der Waals surface area contributed by atoms with E-state index in [0.29, 0.717) is 26.2 Å². The first-order valence-electron chi connectivity index (χ1n) is 10.7. The Labute approximate surface area is 173 Å². The number of nitrogens with one attached hydrogen (secondary N) is 1. The molecule has 0 atom stereocenters. The lowest BCUT2D eigenvalue weighted by Gasteiger charge is -2.42. The second-order valence-corrected chi connectivity index (χ2v) is 9.53. The third kappa shape index (κ3) is 6.94. The van der Waals surface area contributed by atoms with Crippen molar-refractivity contribution in [2.75, 3.05) is 19.6 Å². The molecule has 29 heavy (non-hydrogen) atoms. The van der Waals surface area contributed by atoms with E-state index in [2.05, 4.69) is 5.32 Å². The third-order valence-electron chi connectivity index (χ3n) is 5.71. The molecular formula is C23H34N2O4. The Morgan fingerprint density at radius 2 is 1.79 bits per heavy atom. The van der Waals surface area contributed by atoms with Gasteiger partial charge >= 0.3 is 12.2 Å². The molecule has 0 spiro atoms. The lowest BCUT2D eigenvalue weighted by molar-refractivity contribution is 0.0384. The van der Waals surface area contributed by atoms with Gasteiger partial charge in [-0.05, 0) is 56.9 Å². The van der Waals surface area contributed by atoms with Gasteiger partial charge in [-0.3, -0.25) is 0 Å². The second kappa shape index (κ2) is 9.06. The van der Waals surface area contributed by atoms with Gasteiger partial charge in [0.05, 0.1) is 0 Å². The first-order valence-corrected chi connectivity index (χ1v) is 10.7. The van der Waals surface area contributed by atoms with Crippen LogP contribution in [0, 0.1) is 11.3 Å². The largest absolute Gasteiger partial charge is 0.445 e. The molecule has 1 N–H and O–H groups in total. The van der Waals surface area contributed by atoms with Gasteiger partial charge in [-0.2, -0.15) is 0 Å². The van der Waals surface area contributed by atoms with Crippen molar-refractivity contribution in [1.29, 1.82) is 0 Å². The van der Waals surface area contributed by atoms with Crippen LogP contribution in [0.2, 0.25) is 0 Å². The fraction of sp³-hybridized carbons (Fsp3) is 0.652. The zero-order valence-electron chi connectivity index (χ0n) is 17.9. The molecule has 2 fully saturated rings. The minimum atomic E-state index is -0.500. The van der Waals surface area contributed by atoms with E-state index in [0.717, 1.165) is 30.7 Å². The van der Waals surface area contributed by atoms with Crippen molar-refractivity contribution in [3.63, 3.8) is 0 Å². The smallest absolute Gasteiger partial charge is 0.410 e. The van der Waals surface area contributed by atoms with Gasteiger partial charge in [0.25, 0.3) is 0 Å². The Morgan fingerprint density at radius 1 is 1.14 bits per heavy atom. The van der Waals surface area contributed by atoms with Crippen molar-refractivity contribution in [3.05, 3.63) is 35.9 Å². The molecule has 1 aliphatic carbocycles. The molecule has 6 heteroatoms. The van der Waals surface area contributed by atoms with E-state index in [1.165, 1.54) is 12.8 Å². The maximum Gasteiger partial charge on any atom is 0.410 e. The quantitative estimate of drug-likeness (QED) is 0.747. The maximum absolute atomic E-state index is 12.5. The van der Waals surface area contributed by atoms with Gasteiger partial charge in [-0.1, -0.05) is 43.2 Å². The molecule has 2 aliphatic rings. The van der Waals surface area contributed by atoms with Crippen LogP contribution in [0.5, 0.6) is 0 Å². The second-order valence-electron chi connectivity index (χ2n) is 9.53. The lowest BCUT2D eigenvalue weighted by Crippen LogP contribution is -2.48. The number of nitrogens with zero attached hydrogens (tertiary/aromatic N) is 1. The van der Waals surface area contributed by atoms with E-state index in [9.17, 15) is 9.59 Å². The number of hydrogen-bond donors (Lipinski definition) is 1.